The topological polar surface area (TPSA) is 81.0 Å². The molecule has 0 bridgehead atoms. The first-order valence-corrected chi connectivity index (χ1v) is 9.07. The van der Waals surface area contributed by atoms with E-state index in [1.165, 1.54) is 0 Å². The highest BCUT2D eigenvalue weighted by Gasteiger charge is 2.17. The predicted molar refractivity (Wildman–Crippen MR) is 104 cm³/mol. The quantitative estimate of drug-likeness (QED) is 0.736. The van der Waals surface area contributed by atoms with Crippen molar-refractivity contribution in [3.05, 3.63) is 60.4 Å². The Labute approximate surface area is 161 Å². The minimum Gasteiger partial charge on any atom is -0.484 e. The average molecular weight is 380 g/mol. The van der Waals surface area contributed by atoms with Crippen LogP contribution in [0.2, 0.25) is 0 Å². The number of hydrogen-bond donors (Lipinski definition) is 1. The summed E-state index contributed by atoms with van der Waals surface area (Å²) in [5.74, 6) is 0.416. The molecular weight excluding hydrogens is 360 g/mol. The summed E-state index contributed by atoms with van der Waals surface area (Å²) in [5.41, 5.74) is 1.28. The molecule has 0 saturated carbocycles. The van der Waals surface area contributed by atoms with Crippen LogP contribution in [0.3, 0.4) is 0 Å². The molecule has 0 radical (unpaired) electrons. The molecule has 1 aromatic heterocycles. The smallest absolute Gasteiger partial charge is 0.291 e. The first-order valence-electron chi connectivity index (χ1n) is 9.07. The fourth-order valence-corrected chi connectivity index (χ4v) is 2.97. The fourth-order valence-electron chi connectivity index (χ4n) is 2.97. The first-order chi connectivity index (χ1) is 13.7. The molecule has 2 heterocycles. The lowest BCUT2D eigenvalue weighted by molar-refractivity contribution is -0.137. The van der Waals surface area contributed by atoms with Crippen LogP contribution >= 0.6 is 0 Å². The van der Waals surface area contributed by atoms with Crippen LogP contribution in [0.4, 0.5) is 5.69 Å². The van der Waals surface area contributed by atoms with E-state index in [2.05, 4.69) is 5.32 Å². The van der Waals surface area contributed by atoms with Crippen molar-refractivity contribution in [3.8, 4) is 5.75 Å². The molecule has 144 valence electrons. The molecule has 0 unspecified atom stereocenters. The largest absolute Gasteiger partial charge is 0.484 e. The van der Waals surface area contributed by atoms with E-state index >= 15 is 0 Å². The van der Waals surface area contributed by atoms with Gasteiger partial charge < -0.3 is 24.1 Å². The van der Waals surface area contributed by atoms with E-state index in [9.17, 15) is 9.59 Å². The highest BCUT2D eigenvalue weighted by Crippen LogP contribution is 2.21. The Hall–Kier alpha value is -3.32. The third-order valence-corrected chi connectivity index (χ3v) is 4.49. The van der Waals surface area contributed by atoms with Crippen molar-refractivity contribution in [3.63, 3.8) is 0 Å². The molecule has 2 amide bonds. The zero-order chi connectivity index (χ0) is 19.3. The molecule has 1 aliphatic rings. The Morgan fingerprint density at radius 1 is 1.04 bits per heavy atom. The zero-order valence-electron chi connectivity index (χ0n) is 15.2. The molecule has 1 aliphatic heterocycles. The van der Waals surface area contributed by atoms with Crippen molar-refractivity contribution in [2.45, 2.75) is 0 Å². The van der Waals surface area contributed by atoms with Crippen molar-refractivity contribution >= 4 is 28.5 Å². The summed E-state index contributed by atoms with van der Waals surface area (Å²) in [6, 6.07) is 16.0. The molecule has 1 fully saturated rings. The first kappa shape index (κ1) is 18.1. The third-order valence-electron chi connectivity index (χ3n) is 4.49. The molecule has 2 aromatic carbocycles. The maximum absolute atomic E-state index is 12.4. The van der Waals surface area contributed by atoms with Gasteiger partial charge in [0.2, 0.25) is 0 Å². The Morgan fingerprint density at radius 3 is 2.54 bits per heavy atom. The Kier molecular flexibility index (Phi) is 5.25. The van der Waals surface area contributed by atoms with Crippen LogP contribution < -0.4 is 10.1 Å². The maximum Gasteiger partial charge on any atom is 0.291 e. The van der Waals surface area contributed by atoms with Crippen LogP contribution in [-0.4, -0.2) is 49.6 Å². The molecule has 28 heavy (non-hydrogen) atoms. The maximum atomic E-state index is 12.4. The summed E-state index contributed by atoms with van der Waals surface area (Å²) < 4.78 is 16.3. The molecule has 1 saturated heterocycles. The second-order valence-electron chi connectivity index (χ2n) is 6.41. The number of para-hydroxylation sites is 1. The molecule has 1 N–H and O–H groups in total. The summed E-state index contributed by atoms with van der Waals surface area (Å²) in [5, 5.41) is 3.66. The summed E-state index contributed by atoms with van der Waals surface area (Å²) in [4.78, 5) is 26.2. The number of carbonyl (C=O) groups excluding carboxylic acids is 2. The number of amides is 2. The van der Waals surface area contributed by atoms with E-state index in [0.29, 0.717) is 43.3 Å². The van der Waals surface area contributed by atoms with Gasteiger partial charge >= 0.3 is 0 Å². The van der Waals surface area contributed by atoms with Crippen LogP contribution in [0.25, 0.3) is 11.0 Å². The van der Waals surface area contributed by atoms with Gasteiger partial charge in [-0.3, -0.25) is 9.59 Å². The number of rotatable bonds is 5. The Morgan fingerprint density at radius 2 is 1.79 bits per heavy atom. The molecule has 3 aromatic rings. The Bertz CT molecular complexity index is 941. The monoisotopic (exact) mass is 380 g/mol. The van der Waals surface area contributed by atoms with Crippen molar-refractivity contribution in [2.75, 3.05) is 38.2 Å². The lowest BCUT2D eigenvalue weighted by Crippen LogP contribution is -2.42. The zero-order valence-corrected chi connectivity index (χ0v) is 15.2. The van der Waals surface area contributed by atoms with Gasteiger partial charge in [-0.05, 0) is 36.4 Å². The van der Waals surface area contributed by atoms with Gasteiger partial charge in [0.25, 0.3) is 11.8 Å². The van der Waals surface area contributed by atoms with Crippen molar-refractivity contribution in [1.29, 1.82) is 0 Å². The van der Waals surface area contributed by atoms with Crippen molar-refractivity contribution < 1.29 is 23.5 Å². The number of nitrogens with zero attached hydrogens (tertiary/aromatic N) is 1. The van der Waals surface area contributed by atoms with Crippen LogP contribution in [0.5, 0.6) is 5.75 Å². The standard InChI is InChI=1S/C21H20N2O5/c24-20(23-9-11-26-12-10-23)14-27-17-7-5-16(6-8-17)22-21(25)19-13-15-3-1-2-4-18(15)28-19/h1-8,13H,9-12,14H2,(H,22,25). The minimum absolute atomic E-state index is 0.0231. The van der Waals surface area contributed by atoms with Gasteiger partial charge in [0, 0.05) is 24.2 Å². The number of benzene rings is 2. The SMILES string of the molecule is O=C(Nc1ccc(OCC(=O)N2CCOCC2)cc1)c1cc2ccccc2o1. The Balaban J connectivity index is 1.32. The van der Waals surface area contributed by atoms with E-state index in [-0.39, 0.29) is 24.2 Å². The molecule has 0 spiro atoms. The number of furan rings is 1. The van der Waals surface area contributed by atoms with Crippen LogP contribution in [0, 0.1) is 0 Å². The van der Waals surface area contributed by atoms with E-state index < -0.39 is 0 Å². The van der Waals surface area contributed by atoms with Gasteiger partial charge in [-0.1, -0.05) is 18.2 Å². The van der Waals surface area contributed by atoms with Crippen LogP contribution in [0.1, 0.15) is 10.6 Å². The lowest BCUT2D eigenvalue weighted by Gasteiger charge is -2.26. The van der Waals surface area contributed by atoms with Gasteiger partial charge in [0.05, 0.1) is 13.2 Å². The van der Waals surface area contributed by atoms with E-state index in [0.717, 1.165) is 5.39 Å². The normalized spacial score (nSPS) is 14.1. The average Bonchev–Trinajstić information content (AvgIpc) is 3.18. The number of carbonyl (C=O) groups is 2. The number of morpholine rings is 1. The van der Waals surface area contributed by atoms with Gasteiger partial charge in [-0.25, -0.2) is 0 Å². The third kappa shape index (κ3) is 4.15. The number of hydrogen-bond acceptors (Lipinski definition) is 5. The number of anilines is 1. The van der Waals surface area contributed by atoms with Crippen molar-refractivity contribution in [2.24, 2.45) is 0 Å². The van der Waals surface area contributed by atoms with Crippen molar-refractivity contribution in [1.82, 2.24) is 4.90 Å². The lowest BCUT2D eigenvalue weighted by atomic mass is 10.2. The second kappa shape index (κ2) is 8.14. The van der Waals surface area contributed by atoms with Crippen LogP contribution in [0.15, 0.2) is 59.0 Å². The summed E-state index contributed by atoms with van der Waals surface area (Å²) in [6.07, 6.45) is 0. The molecule has 7 heteroatoms. The minimum atomic E-state index is -0.327. The van der Waals surface area contributed by atoms with Crippen LogP contribution in [-0.2, 0) is 9.53 Å². The predicted octanol–water partition coefficient (Wildman–Crippen LogP) is 2.92. The summed E-state index contributed by atoms with van der Waals surface area (Å²) in [7, 11) is 0. The molecular formula is C21H20N2O5. The van der Waals surface area contributed by atoms with Gasteiger partial charge in [0.15, 0.2) is 12.4 Å². The van der Waals surface area contributed by atoms with E-state index in [1.807, 2.05) is 24.3 Å². The molecule has 0 atom stereocenters. The van der Waals surface area contributed by atoms with Gasteiger partial charge in [-0.2, -0.15) is 0 Å². The van der Waals surface area contributed by atoms with E-state index in [1.54, 1.807) is 35.2 Å². The summed E-state index contributed by atoms with van der Waals surface area (Å²) >= 11 is 0. The highest BCUT2D eigenvalue weighted by atomic mass is 16.5. The van der Waals surface area contributed by atoms with Gasteiger partial charge in [-0.15, -0.1) is 0 Å². The summed E-state index contributed by atoms with van der Waals surface area (Å²) in [6.45, 7) is 2.28. The molecule has 4 rings (SSSR count). The van der Waals surface area contributed by atoms with Gasteiger partial charge in [0.1, 0.15) is 11.3 Å². The number of ether oxygens (including phenoxy) is 2. The highest BCUT2D eigenvalue weighted by molar-refractivity contribution is 6.04. The second-order valence-corrected chi connectivity index (χ2v) is 6.41. The van der Waals surface area contributed by atoms with E-state index in [4.69, 9.17) is 13.9 Å². The number of fused-ring (bicyclic) bond motifs is 1. The number of nitrogens with one attached hydrogen (secondary N) is 1. The molecule has 7 nitrogen and oxygen atoms in total. The fraction of sp³-hybridized carbons (Fsp3) is 0.238. The molecule has 0 aliphatic carbocycles.